The SMILES string of the molecule is CC(C)[Si](c1cc2sc3c(ssc4c3sc3c5ssc6c7sc([Si](C(C)C)(C(C)C)C(C)C)cc7sc6c5sc43)c2s1)(C(C)C)C(C)C. The molecule has 8 rings (SSSR count). The highest BCUT2D eigenvalue weighted by atomic mass is 32.9. The minimum atomic E-state index is -1.65. The van der Waals surface area contributed by atoms with Crippen molar-refractivity contribution in [1.82, 2.24) is 0 Å². The van der Waals surface area contributed by atoms with Gasteiger partial charge in [-0.3, -0.25) is 0 Å². The van der Waals surface area contributed by atoms with Crippen LogP contribution in [0.3, 0.4) is 0 Å². The van der Waals surface area contributed by atoms with E-state index < -0.39 is 16.1 Å². The largest absolute Gasteiger partial charge is 0.142 e. The van der Waals surface area contributed by atoms with E-state index in [-0.39, 0.29) is 0 Å². The van der Waals surface area contributed by atoms with Gasteiger partial charge in [0.25, 0.3) is 0 Å². The summed E-state index contributed by atoms with van der Waals surface area (Å²) in [5.41, 5.74) is 4.49. The molecule has 0 saturated carbocycles. The third-order valence-electron chi connectivity index (χ3n) is 11.5. The van der Waals surface area contributed by atoms with Gasteiger partial charge in [0.05, 0.1) is 56.4 Å². The van der Waals surface area contributed by atoms with Crippen LogP contribution in [0.15, 0.2) is 12.1 Å². The summed E-state index contributed by atoms with van der Waals surface area (Å²) < 4.78 is 25.1. The molecule has 0 aliphatic carbocycles. The third-order valence-corrected chi connectivity index (χ3v) is 41.0. The van der Waals surface area contributed by atoms with Crippen LogP contribution < -0.4 is 9.00 Å². The Morgan fingerprint density at radius 1 is 0.312 bits per heavy atom. The Morgan fingerprint density at radius 3 is 0.833 bits per heavy atom. The summed E-state index contributed by atoms with van der Waals surface area (Å²) in [4.78, 5) is 0. The summed E-state index contributed by atoms with van der Waals surface area (Å²) >= 11 is 12.7. The van der Waals surface area contributed by atoms with Crippen LogP contribution in [0, 0.1) is 0 Å². The number of thiophene rings is 6. The first-order valence-corrected chi connectivity index (χ1v) is 30.8. The topological polar surface area (TPSA) is 0 Å². The number of rotatable bonds is 8. The lowest BCUT2D eigenvalue weighted by molar-refractivity contribution is 0.837. The van der Waals surface area contributed by atoms with Crippen molar-refractivity contribution in [3.63, 3.8) is 0 Å². The fraction of sp³-hybridized carbons (Fsp3) is 0.500. The summed E-state index contributed by atoms with van der Waals surface area (Å²) in [6.45, 7) is 30.0. The lowest BCUT2D eigenvalue weighted by Gasteiger charge is -2.42. The first-order valence-electron chi connectivity index (χ1n) is 17.2. The average molecular weight is 854 g/mol. The highest BCUT2D eigenvalue weighted by Gasteiger charge is 2.47. The predicted molar refractivity (Wildman–Crippen MR) is 247 cm³/mol. The van der Waals surface area contributed by atoms with E-state index in [1.807, 2.05) is 41.4 Å². The van der Waals surface area contributed by atoms with Gasteiger partial charge in [0.15, 0.2) is 0 Å². The van der Waals surface area contributed by atoms with E-state index in [1.165, 1.54) is 28.2 Å². The molecule has 0 saturated heterocycles. The van der Waals surface area contributed by atoms with E-state index >= 15 is 0 Å². The van der Waals surface area contributed by atoms with Gasteiger partial charge in [-0.2, -0.15) is 0 Å². The molecule has 0 amide bonds. The van der Waals surface area contributed by atoms with Gasteiger partial charge in [0, 0.05) is 9.40 Å². The summed E-state index contributed by atoms with van der Waals surface area (Å²) in [6, 6.07) is 5.30. The lowest BCUT2D eigenvalue weighted by atomic mass is 10.4. The first kappa shape index (κ1) is 35.3. The van der Waals surface area contributed by atoms with E-state index in [0.29, 0.717) is 0 Å². The third kappa shape index (κ3) is 4.69. The van der Waals surface area contributed by atoms with Crippen LogP contribution in [0.25, 0.3) is 65.8 Å². The van der Waals surface area contributed by atoms with Crippen molar-refractivity contribution in [1.29, 1.82) is 0 Å². The second-order valence-electron chi connectivity index (χ2n) is 15.4. The number of hydrogen-bond acceptors (Lipinski definition) is 10. The van der Waals surface area contributed by atoms with Crippen LogP contribution in [-0.2, 0) is 0 Å². The van der Waals surface area contributed by atoms with Gasteiger partial charge in [-0.1, -0.05) is 124 Å². The van der Waals surface area contributed by atoms with Crippen LogP contribution in [0.1, 0.15) is 83.1 Å². The van der Waals surface area contributed by atoms with Crippen LogP contribution >= 0.6 is 109 Å². The Bertz CT molecular complexity index is 2290. The van der Waals surface area contributed by atoms with Gasteiger partial charge in [-0.15, -0.1) is 68.0 Å². The molecular formula is C36H44S10Si2. The molecule has 8 aromatic rings. The number of hydrogen-bond donors (Lipinski definition) is 0. The zero-order valence-electron chi connectivity index (χ0n) is 29.7. The molecule has 0 unspecified atom stereocenters. The zero-order valence-corrected chi connectivity index (χ0v) is 39.9. The van der Waals surface area contributed by atoms with Crippen LogP contribution in [0.5, 0.6) is 0 Å². The van der Waals surface area contributed by atoms with Gasteiger partial charge in [0.1, 0.15) is 16.1 Å². The van der Waals surface area contributed by atoms with Gasteiger partial charge in [-0.25, -0.2) is 0 Å². The first-order chi connectivity index (χ1) is 22.7. The van der Waals surface area contributed by atoms with Crippen molar-refractivity contribution in [3.8, 4) is 0 Å². The molecule has 0 fully saturated rings. The molecule has 0 atom stereocenters. The van der Waals surface area contributed by atoms with Gasteiger partial charge >= 0.3 is 0 Å². The summed E-state index contributed by atoms with van der Waals surface area (Å²) in [7, 11) is 4.87. The Labute approximate surface area is 325 Å². The monoisotopic (exact) mass is 852 g/mol. The molecule has 0 aromatic carbocycles. The van der Waals surface area contributed by atoms with Gasteiger partial charge < -0.3 is 0 Å². The maximum atomic E-state index is 2.65. The lowest BCUT2D eigenvalue weighted by Crippen LogP contribution is -2.54. The molecule has 8 aromatic heterocycles. The Kier molecular flexibility index (Phi) is 9.15. The van der Waals surface area contributed by atoms with Crippen molar-refractivity contribution in [3.05, 3.63) is 12.1 Å². The Hall–Kier alpha value is 0.294. The molecule has 48 heavy (non-hydrogen) atoms. The van der Waals surface area contributed by atoms with E-state index in [1.54, 1.807) is 46.6 Å². The van der Waals surface area contributed by atoms with Crippen LogP contribution in [0.2, 0.25) is 33.2 Å². The molecule has 8 heterocycles. The normalized spacial score (nSPS) is 14.1. The molecular weight excluding hydrogens is 809 g/mol. The quantitative estimate of drug-likeness (QED) is 0.106. The van der Waals surface area contributed by atoms with Crippen molar-refractivity contribution in [2.24, 2.45) is 0 Å². The smallest absolute Gasteiger partial charge is 0.107 e. The van der Waals surface area contributed by atoms with Crippen molar-refractivity contribution in [2.45, 2.75) is 116 Å². The minimum absolute atomic E-state index is 0.748. The molecule has 0 radical (unpaired) electrons. The van der Waals surface area contributed by atoms with Gasteiger partial charge in [-0.05, 0) is 54.4 Å². The highest BCUT2D eigenvalue weighted by Crippen LogP contribution is 2.57. The van der Waals surface area contributed by atoms with E-state index in [0.717, 1.165) is 33.2 Å². The van der Waals surface area contributed by atoms with E-state index in [2.05, 4.69) is 163 Å². The average Bonchev–Trinajstić information content (AvgIpc) is 3.80. The van der Waals surface area contributed by atoms with Crippen molar-refractivity contribution in [2.75, 3.05) is 0 Å². The molecule has 12 heteroatoms. The second kappa shape index (κ2) is 12.4. The summed E-state index contributed by atoms with van der Waals surface area (Å²) in [6.07, 6.45) is 0. The molecule has 0 bridgehead atoms. The molecule has 0 spiro atoms. The van der Waals surface area contributed by atoms with Crippen molar-refractivity contribution < 1.29 is 0 Å². The fourth-order valence-corrected chi connectivity index (χ4v) is 44.2. The maximum Gasteiger partial charge on any atom is 0.107 e. The second-order valence-corrected chi connectivity index (χ2v) is 38.4. The fourth-order valence-electron chi connectivity index (χ4n) is 9.83. The molecule has 256 valence electrons. The van der Waals surface area contributed by atoms with Crippen molar-refractivity contribution >= 4 is 200 Å². The summed E-state index contributed by atoms with van der Waals surface area (Å²) in [5.74, 6) is 0. The van der Waals surface area contributed by atoms with E-state index in [9.17, 15) is 0 Å². The maximum absolute atomic E-state index is 2.65. The minimum Gasteiger partial charge on any atom is -0.142 e. The summed E-state index contributed by atoms with van der Waals surface area (Å²) in [5, 5.41) is 0. The van der Waals surface area contributed by atoms with E-state index in [4.69, 9.17) is 0 Å². The standard InChI is InChI=1S/C36H44S10Si2/c1-15(2)47(16(3)4,17(5)6)23-13-21-25(39-23)33-27(37-21)29-35(45-43-33)31-32(41-29)36-30(42-31)28-34(44-46-36)26-22(38-28)14-24(40-26)48(18(7)8,19(9)10)20(11)12/h13-20H,1-12H3. The van der Waals surface area contributed by atoms with Crippen LogP contribution in [0.4, 0.5) is 0 Å². The Morgan fingerprint density at radius 2 is 0.562 bits per heavy atom. The number of fused-ring (bicyclic) bond motifs is 13. The molecule has 0 N–H and O–H groups in total. The zero-order chi connectivity index (χ0) is 34.2. The predicted octanol–water partition coefficient (Wildman–Crippen LogP) is 17.3. The van der Waals surface area contributed by atoms with Crippen LogP contribution in [-0.4, -0.2) is 16.1 Å². The molecule has 0 aliphatic heterocycles. The molecule has 0 aliphatic rings. The van der Waals surface area contributed by atoms with Gasteiger partial charge in [0.2, 0.25) is 0 Å². The Balaban J connectivity index is 1.28. The molecule has 0 nitrogen and oxygen atoms in total. The highest BCUT2D eigenvalue weighted by molar-refractivity contribution is 7.78.